The van der Waals surface area contributed by atoms with Gasteiger partial charge in [-0.25, -0.2) is 0 Å². The van der Waals surface area contributed by atoms with E-state index in [1.165, 1.54) is 32.1 Å². The van der Waals surface area contributed by atoms with Gasteiger partial charge in [0.05, 0.1) is 5.38 Å². The third-order valence-electron chi connectivity index (χ3n) is 2.33. The first kappa shape index (κ1) is 8.13. The number of alkyl halides is 1. The van der Waals surface area contributed by atoms with Crippen LogP contribution in [0.1, 0.15) is 32.1 Å². The van der Waals surface area contributed by atoms with E-state index in [-0.39, 0.29) is 5.38 Å². The summed E-state index contributed by atoms with van der Waals surface area (Å²) >= 11 is 6.03. The lowest BCUT2D eigenvalue weighted by molar-refractivity contribution is 0.365. The van der Waals surface area contributed by atoms with E-state index in [0.717, 1.165) is 0 Å². The molecule has 1 saturated carbocycles. The largest absolute Gasteiger partial charge is 0.118 e. The molecule has 0 radical (unpaired) electrons. The second kappa shape index (κ2) is 4.02. The van der Waals surface area contributed by atoms with Crippen molar-refractivity contribution in [3.05, 3.63) is 12.7 Å². The van der Waals surface area contributed by atoms with E-state index in [2.05, 4.69) is 6.58 Å². The van der Waals surface area contributed by atoms with Crippen LogP contribution in [0.15, 0.2) is 12.7 Å². The number of rotatable bonds is 2. The molecule has 0 unspecified atom stereocenters. The average Bonchev–Trinajstić information content (AvgIpc) is 2.05. The molecular weight excluding hydrogens is 144 g/mol. The summed E-state index contributed by atoms with van der Waals surface area (Å²) in [6.07, 6.45) is 8.61. The van der Waals surface area contributed by atoms with Crippen LogP contribution in [0.3, 0.4) is 0 Å². The Balaban J connectivity index is 2.30. The van der Waals surface area contributed by atoms with Crippen molar-refractivity contribution in [1.82, 2.24) is 0 Å². The molecule has 0 spiro atoms. The Morgan fingerprint density at radius 3 is 2.40 bits per heavy atom. The SMILES string of the molecule is C=C[C@@H](Cl)C1CCCCC1. The lowest BCUT2D eigenvalue weighted by Crippen LogP contribution is -2.15. The molecule has 0 N–H and O–H groups in total. The van der Waals surface area contributed by atoms with Gasteiger partial charge in [-0.3, -0.25) is 0 Å². The maximum absolute atomic E-state index is 6.03. The molecule has 1 atom stereocenters. The fourth-order valence-electron chi connectivity index (χ4n) is 1.65. The summed E-state index contributed by atoms with van der Waals surface area (Å²) in [6.45, 7) is 3.70. The van der Waals surface area contributed by atoms with Gasteiger partial charge in [0.2, 0.25) is 0 Å². The minimum atomic E-state index is 0.222. The molecule has 0 saturated heterocycles. The van der Waals surface area contributed by atoms with Crippen LogP contribution in [-0.4, -0.2) is 5.38 Å². The van der Waals surface area contributed by atoms with Crippen LogP contribution in [-0.2, 0) is 0 Å². The molecule has 58 valence electrons. The van der Waals surface area contributed by atoms with Crippen LogP contribution < -0.4 is 0 Å². The van der Waals surface area contributed by atoms with Gasteiger partial charge in [-0.2, -0.15) is 0 Å². The van der Waals surface area contributed by atoms with Gasteiger partial charge in [0, 0.05) is 0 Å². The molecule has 1 fully saturated rings. The van der Waals surface area contributed by atoms with Gasteiger partial charge in [0.1, 0.15) is 0 Å². The van der Waals surface area contributed by atoms with Gasteiger partial charge < -0.3 is 0 Å². The van der Waals surface area contributed by atoms with E-state index in [1.807, 2.05) is 6.08 Å². The smallest absolute Gasteiger partial charge is 0.0541 e. The van der Waals surface area contributed by atoms with E-state index in [4.69, 9.17) is 11.6 Å². The van der Waals surface area contributed by atoms with Gasteiger partial charge in [-0.1, -0.05) is 25.3 Å². The fraction of sp³-hybridized carbons (Fsp3) is 0.778. The van der Waals surface area contributed by atoms with Crippen LogP contribution in [0, 0.1) is 5.92 Å². The summed E-state index contributed by atoms with van der Waals surface area (Å²) in [5, 5.41) is 0.222. The molecule has 1 heteroatoms. The lowest BCUT2D eigenvalue weighted by atomic mass is 9.87. The van der Waals surface area contributed by atoms with E-state index in [0.29, 0.717) is 5.92 Å². The molecule has 10 heavy (non-hydrogen) atoms. The van der Waals surface area contributed by atoms with Crippen molar-refractivity contribution in [2.45, 2.75) is 37.5 Å². The van der Waals surface area contributed by atoms with Crippen molar-refractivity contribution in [2.24, 2.45) is 5.92 Å². The van der Waals surface area contributed by atoms with E-state index < -0.39 is 0 Å². The molecule has 0 nitrogen and oxygen atoms in total. The number of halogens is 1. The molecule has 0 heterocycles. The highest BCUT2D eigenvalue weighted by molar-refractivity contribution is 6.21. The minimum Gasteiger partial charge on any atom is -0.118 e. The first-order chi connectivity index (χ1) is 4.84. The maximum atomic E-state index is 6.03. The average molecular weight is 159 g/mol. The predicted molar refractivity (Wildman–Crippen MR) is 46.4 cm³/mol. The van der Waals surface area contributed by atoms with Crippen molar-refractivity contribution in [2.75, 3.05) is 0 Å². The Bertz CT molecular complexity index is 103. The summed E-state index contributed by atoms with van der Waals surface area (Å²) in [4.78, 5) is 0. The Hall–Kier alpha value is 0.0300. The molecular formula is C9H15Cl. The van der Waals surface area contributed by atoms with Gasteiger partial charge in [0.15, 0.2) is 0 Å². The number of hydrogen-bond donors (Lipinski definition) is 0. The Morgan fingerprint density at radius 2 is 1.90 bits per heavy atom. The fourth-order valence-corrected chi connectivity index (χ4v) is 1.90. The normalized spacial score (nSPS) is 24.1. The topological polar surface area (TPSA) is 0 Å². The highest BCUT2D eigenvalue weighted by Crippen LogP contribution is 2.29. The Labute approximate surface area is 68.3 Å². The maximum Gasteiger partial charge on any atom is 0.0541 e. The van der Waals surface area contributed by atoms with Crippen molar-refractivity contribution in [3.63, 3.8) is 0 Å². The van der Waals surface area contributed by atoms with Crippen LogP contribution in [0.4, 0.5) is 0 Å². The molecule has 0 bridgehead atoms. The molecule has 1 aliphatic carbocycles. The van der Waals surface area contributed by atoms with Crippen LogP contribution in [0.2, 0.25) is 0 Å². The Morgan fingerprint density at radius 1 is 1.30 bits per heavy atom. The summed E-state index contributed by atoms with van der Waals surface area (Å²) in [5.74, 6) is 0.716. The zero-order valence-corrected chi connectivity index (χ0v) is 7.11. The summed E-state index contributed by atoms with van der Waals surface area (Å²) < 4.78 is 0. The third kappa shape index (κ3) is 2.02. The lowest BCUT2D eigenvalue weighted by Gasteiger charge is -2.23. The molecule has 0 aromatic carbocycles. The molecule has 0 amide bonds. The molecule has 0 aliphatic heterocycles. The molecule has 1 aliphatic rings. The first-order valence-electron chi connectivity index (χ1n) is 4.11. The molecule has 0 aromatic rings. The second-order valence-electron chi connectivity index (χ2n) is 3.08. The van der Waals surface area contributed by atoms with Crippen molar-refractivity contribution < 1.29 is 0 Å². The third-order valence-corrected chi connectivity index (χ3v) is 2.86. The Kier molecular flexibility index (Phi) is 3.27. The predicted octanol–water partition coefficient (Wildman–Crippen LogP) is 3.36. The van der Waals surface area contributed by atoms with E-state index in [9.17, 15) is 0 Å². The van der Waals surface area contributed by atoms with Gasteiger partial charge in [-0.05, 0) is 18.8 Å². The number of hydrogen-bond acceptors (Lipinski definition) is 0. The van der Waals surface area contributed by atoms with E-state index >= 15 is 0 Å². The van der Waals surface area contributed by atoms with Crippen molar-refractivity contribution >= 4 is 11.6 Å². The number of allylic oxidation sites excluding steroid dienone is 1. The molecule has 1 rings (SSSR count). The van der Waals surface area contributed by atoms with Crippen LogP contribution in [0.25, 0.3) is 0 Å². The zero-order valence-electron chi connectivity index (χ0n) is 6.35. The molecule has 0 aromatic heterocycles. The highest BCUT2D eigenvalue weighted by Gasteiger charge is 2.18. The van der Waals surface area contributed by atoms with Gasteiger partial charge >= 0.3 is 0 Å². The quantitative estimate of drug-likeness (QED) is 0.427. The summed E-state index contributed by atoms with van der Waals surface area (Å²) in [6, 6.07) is 0. The van der Waals surface area contributed by atoms with Crippen LogP contribution in [0.5, 0.6) is 0 Å². The van der Waals surface area contributed by atoms with Crippen molar-refractivity contribution in [3.8, 4) is 0 Å². The van der Waals surface area contributed by atoms with Gasteiger partial charge in [0.25, 0.3) is 0 Å². The van der Waals surface area contributed by atoms with Crippen LogP contribution >= 0.6 is 11.6 Å². The van der Waals surface area contributed by atoms with E-state index in [1.54, 1.807) is 0 Å². The standard InChI is InChI=1S/C9H15Cl/c1-2-9(10)8-6-4-3-5-7-8/h2,8-9H,1,3-7H2/t9-/m1/s1. The summed E-state index contributed by atoms with van der Waals surface area (Å²) in [7, 11) is 0. The minimum absolute atomic E-state index is 0.222. The monoisotopic (exact) mass is 158 g/mol. The zero-order chi connectivity index (χ0) is 7.40. The summed E-state index contributed by atoms with van der Waals surface area (Å²) in [5.41, 5.74) is 0. The highest BCUT2D eigenvalue weighted by atomic mass is 35.5. The second-order valence-corrected chi connectivity index (χ2v) is 3.58. The van der Waals surface area contributed by atoms with Gasteiger partial charge in [-0.15, -0.1) is 18.2 Å². The van der Waals surface area contributed by atoms with Crippen molar-refractivity contribution in [1.29, 1.82) is 0 Å². The first-order valence-corrected chi connectivity index (χ1v) is 4.55.